The maximum absolute atomic E-state index is 12.9. The number of halogens is 1. The Balaban J connectivity index is 1.75. The van der Waals surface area contributed by atoms with E-state index in [-0.39, 0.29) is 22.5 Å². The van der Waals surface area contributed by atoms with Gasteiger partial charge in [0.2, 0.25) is 0 Å². The van der Waals surface area contributed by atoms with E-state index in [1.165, 1.54) is 13.4 Å². The van der Waals surface area contributed by atoms with Gasteiger partial charge in [-0.3, -0.25) is 9.88 Å². The second kappa shape index (κ2) is 14.1. The lowest BCUT2D eigenvalue weighted by Gasteiger charge is -2.44. The molecule has 1 aliphatic rings. The second-order valence-electron chi connectivity index (χ2n) is 14.7. The minimum absolute atomic E-state index is 0.0418. The molecule has 1 aliphatic heterocycles. The predicted molar refractivity (Wildman–Crippen MR) is 196 cm³/mol. The number of carbonyl (C=O) groups is 2. The summed E-state index contributed by atoms with van der Waals surface area (Å²) < 4.78 is 29.2. The smallest absolute Gasteiger partial charge is 0.406 e. The van der Waals surface area contributed by atoms with E-state index in [2.05, 4.69) is 121 Å². The lowest BCUT2D eigenvalue weighted by atomic mass is 10.1. The van der Waals surface area contributed by atoms with Gasteiger partial charge in [0.1, 0.15) is 31.2 Å². The SMILES string of the molecule is CNC(=O)OC[C@H]1O[C@@H](n2cnc3c(NC(=O)Nc4cccc(I)c4)ncnc32)[C@H](O[Si](C)(C)C(C)(C)C)[C@@H]1O[Si](C)(C)C(C)(C)C. The first kappa shape index (κ1) is 37.2. The van der Waals surface area contributed by atoms with Crippen LogP contribution in [-0.4, -0.2) is 80.2 Å². The van der Waals surface area contributed by atoms with Crippen molar-refractivity contribution in [1.82, 2.24) is 24.8 Å². The Morgan fingerprint density at radius 1 is 0.957 bits per heavy atom. The molecular weight excluding hydrogens is 749 g/mol. The van der Waals surface area contributed by atoms with Crippen molar-refractivity contribution >= 4 is 74.0 Å². The van der Waals surface area contributed by atoms with Crippen LogP contribution in [0.25, 0.3) is 11.2 Å². The zero-order chi connectivity index (χ0) is 34.9. The number of imidazole rings is 1. The summed E-state index contributed by atoms with van der Waals surface area (Å²) in [5.41, 5.74) is 1.47. The van der Waals surface area contributed by atoms with Gasteiger partial charge in [0.05, 0.1) is 6.33 Å². The highest BCUT2D eigenvalue weighted by Crippen LogP contribution is 2.46. The molecule has 16 heteroatoms. The van der Waals surface area contributed by atoms with Gasteiger partial charge in [0.25, 0.3) is 0 Å². The lowest BCUT2D eigenvalue weighted by molar-refractivity contribution is -0.0513. The summed E-state index contributed by atoms with van der Waals surface area (Å²) >= 11 is 2.19. The summed E-state index contributed by atoms with van der Waals surface area (Å²) in [6.45, 7) is 21.8. The van der Waals surface area contributed by atoms with Crippen LogP contribution in [0.3, 0.4) is 0 Å². The summed E-state index contributed by atoms with van der Waals surface area (Å²) in [5, 5.41) is 7.91. The standard InChI is InChI=1S/C31H48IN7O6Si2/c1-30(2,3)46(8,9)44-23-21(16-42-29(41)33-7)43-27(24(23)45-47(10,11)31(4,5)6)39-18-36-22-25(34-17-35-26(22)39)38-28(40)37-20-14-12-13-19(32)15-20/h12-15,17-18,21,23-24,27H,16H2,1-11H3,(H,33,41)(H2,34,35,37,38,40)/t21-,23-,24-,27-/m1/s1. The number of fused-ring (bicyclic) bond motifs is 1. The van der Waals surface area contributed by atoms with Crippen LogP contribution in [0.2, 0.25) is 36.3 Å². The largest absolute Gasteiger partial charge is 0.447 e. The summed E-state index contributed by atoms with van der Waals surface area (Å²) in [6, 6.07) is 7.00. The first-order valence-corrected chi connectivity index (χ1v) is 22.5. The summed E-state index contributed by atoms with van der Waals surface area (Å²) in [4.78, 5) is 38.6. The highest BCUT2D eigenvalue weighted by Gasteiger charge is 2.55. The molecule has 4 atom stereocenters. The Labute approximate surface area is 292 Å². The van der Waals surface area contributed by atoms with Crippen molar-refractivity contribution in [3.8, 4) is 0 Å². The molecule has 1 fully saturated rings. The third-order valence-corrected chi connectivity index (χ3v) is 18.9. The Bertz CT molecular complexity index is 1590. The first-order valence-electron chi connectivity index (χ1n) is 15.6. The van der Waals surface area contributed by atoms with Crippen LogP contribution in [0.4, 0.5) is 21.1 Å². The molecule has 47 heavy (non-hydrogen) atoms. The molecule has 0 saturated carbocycles. The zero-order valence-corrected chi connectivity index (χ0v) is 33.3. The Morgan fingerprint density at radius 3 is 2.19 bits per heavy atom. The number of aromatic nitrogens is 4. The molecule has 3 aromatic rings. The van der Waals surface area contributed by atoms with Gasteiger partial charge in [-0.1, -0.05) is 47.6 Å². The Hall–Kier alpha value is -2.65. The number of urea groups is 1. The topological polar surface area (TPSA) is 151 Å². The maximum Gasteiger partial charge on any atom is 0.406 e. The molecule has 4 rings (SSSR count). The molecule has 3 N–H and O–H groups in total. The number of hydrogen-bond acceptors (Lipinski definition) is 9. The molecule has 3 amide bonds. The van der Waals surface area contributed by atoms with Gasteiger partial charge in [0.15, 0.2) is 39.8 Å². The average molecular weight is 798 g/mol. The van der Waals surface area contributed by atoms with Crippen molar-refractivity contribution < 1.29 is 27.9 Å². The van der Waals surface area contributed by atoms with Crippen molar-refractivity contribution in [1.29, 1.82) is 0 Å². The van der Waals surface area contributed by atoms with Crippen LogP contribution in [0.15, 0.2) is 36.9 Å². The van der Waals surface area contributed by atoms with E-state index in [4.69, 9.17) is 18.3 Å². The molecule has 2 aromatic heterocycles. The second-order valence-corrected chi connectivity index (χ2v) is 25.5. The highest BCUT2D eigenvalue weighted by molar-refractivity contribution is 14.1. The highest BCUT2D eigenvalue weighted by atomic mass is 127. The van der Waals surface area contributed by atoms with Gasteiger partial charge >= 0.3 is 12.1 Å². The number of ether oxygens (including phenoxy) is 2. The molecule has 0 aliphatic carbocycles. The van der Waals surface area contributed by atoms with Crippen LogP contribution in [-0.2, 0) is 18.3 Å². The molecule has 0 bridgehead atoms. The number of carbonyl (C=O) groups excluding carboxylic acids is 2. The van der Waals surface area contributed by atoms with Crippen LogP contribution in [0, 0.1) is 3.57 Å². The van der Waals surface area contributed by atoms with Gasteiger partial charge in [-0.2, -0.15) is 0 Å². The molecule has 0 spiro atoms. The number of alkyl carbamates (subject to hydrolysis) is 1. The van der Waals surface area contributed by atoms with E-state index in [0.717, 1.165) is 3.57 Å². The Morgan fingerprint density at radius 2 is 1.60 bits per heavy atom. The van der Waals surface area contributed by atoms with Crippen molar-refractivity contribution in [2.24, 2.45) is 0 Å². The number of nitrogens with one attached hydrogen (secondary N) is 3. The van der Waals surface area contributed by atoms with E-state index >= 15 is 0 Å². The average Bonchev–Trinajstić information content (AvgIpc) is 3.52. The summed E-state index contributed by atoms with van der Waals surface area (Å²) in [5.74, 6) is 0.241. The van der Waals surface area contributed by atoms with Crippen LogP contribution in [0.1, 0.15) is 47.8 Å². The molecule has 0 radical (unpaired) electrons. The number of benzene rings is 1. The van der Waals surface area contributed by atoms with E-state index in [1.807, 2.05) is 18.2 Å². The maximum atomic E-state index is 12.9. The fraction of sp³-hybridized carbons (Fsp3) is 0.581. The van der Waals surface area contributed by atoms with Crippen LogP contribution < -0.4 is 16.0 Å². The van der Waals surface area contributed by atoms with Gasteiger partial charge in [-0.15, -0.1) is 0 Å². The van der Waals surface area contributed by atoms with Crippen molar-refractivity contribution in [3.05, 3.63) is 40.5 Å². The van der Waals surface area contributed by atoms with Gasteiger partial charge in [0, 0.05) is 16.3 Å². The quantitative estimate of drug-likeness (QED) is 0.152. The minimum atomic E-state index is -2.41. The van der Waals surface area contributed by atoms with Crippen LogP contribution >= 0.6 is 22.6 Å². The minimum Gasteiger partial charge on any atom is -0.447 e. The third kappa shape index (κ3) is 8.51. The third-order valence-electron chi connectivity index (χ3n) is 9.29. The van der Waals surface area contributed by atoms with E-state index in [9.17, 15) is 9.59 Å². The zero-order valence-electron chi connectivity index (χ0n) is 29.1. The van der Waals surface area contributed by atoms with Crippen molar-refractivity contribution in [2.75, 3.05) is 24.3 Å². The first-order chi connectivity index (χ1) is 21.7. The lowest BCUT2D eigenvalue weighted by Crippen LogP contribution is -2.54. The van der Waals surface area contributed by atoms with E-state index in [0.29, 0.717) is 16.9 Å². The Kier molecular flexibility index (Phi) is 11.1. The molecule has 1 saturated heterocycles. The van der Waals surface area contributed by atoms with Gasteiger partial charge < -0.3 is 29.0 Å². The van der Waals surface area contributed by atoms with Gasteiger partial charge in [-0.25, -0.2) is 24.5 Å². The number of nitrogens with zero attached hydrogens (tertiary/aromatic N) is 4. The number of anilines is 2. The molecular formula is C31H48IN7O6Si2. The predicted octanol–water partition coefficient (Wildman–Crippen LogP) is 7.11. The van der Waals surface area contributed by atoms with Gasteiger partial charge in [-0.05, 0) is 77.1 Å². The fourth-order valence-corrected chi connectivity index (χ4v) is 7.71. The fourth-order valence-electron chi connectivity index (χ4n) is 4.56. The number of hydrogen-bond donors (Lipinski definition) is 3. The number of rotatable bonds is 9. The van der Waals surface area contributed by atoms with Crippen molar-refractivity contribution in [2.45, 2.75) is 102 Å². The van der Waals surface area contributed by atoms with E-state index in [1.54, 1.807) is 17.0 Å². The normalized spacial score (nSPS) is 20.7. The van der Waals surface area contributed by atoms with E-state index < -0.39 is 53.3 Å². The van der Waals surface area contributed by atoms with Crippen molar-refractivity contribution in [3.63, 3.8) is 0 Å². The molecule has 1 aromatic carbocycles. The number of amides is 3. The molecule has 258 valence electrons. The summed E-state index contributed by atoms with van der Waals surface area (Å²) in [7, 11) is -3.27. The molecule has 0 unspecified atom stereocenters. The van der Waals surface area contributed by atoms with Crippen LogP contribution in [0.5, 0.6) is 0 Å². The summed E-state index contributed by atoms with van der Waals surface area (Å²) in [6.07, 6.45) is -0.101. The molecule has 13 nitrogen and oxygen atoms in total. The molecule has 3 heterocycles. The monoisotopic (exact) mass is 797 g/mol.